The van der Waals surface area contributed by atoms with E-state index in [0.717, 1.165) is 0 Å². The molecule has 0 aliphatic carbocycles. The molecule has 0 spiro atoms. The van der Waals surface area contributed by atoms with E-state index in [-0.39, 0.29) is 12.4 Å². The maximum Gasteiger partial charge on any atom is 0.0782 e. The van der Waals surface area contributed by atoms with Gasteiger partial charge in [0.05, 0.1) is 27.2 Å². The van der Waals surface area contributed by atoms with Crippen LogP contribution in [0.5, 0.6) is 0 Å². The summed E-state index contributed by atoms with van der Waals surface area (Å²) in [6, 6.07) is 0. The van der Waals surface area contributed by atoms with Crippen LogP contribution in [-0.2, 0) is 0 Å². The minimum absolute atomic E-state index is 0. The highest BCUT2D eigenvalue weighted by molar-refractivity contribution is 4.55. The Morgan fingerprint density at radius 3 is 0.383 bits per heavy atom. The molecule has 0 aromatic carbocycles. The molecular weight excluding hydrogens is 746 g/mol. The molecule has 1 nitrogen and oxygen atoms in total. The summed E-state index contributed by atoms with van der Waals surface area (Å²) in [5.41, 5.74) is 0. The van der Waals surface area contributed by atoms with Gasteiger partial charge in [-0.1, -0.05) is 322 Å². The van der Waals surface area contributed by atoms with Gasteiger partial charge in [0.2, 0.25) is 0 Å². The van der Waals surface area contributed by atoms with Crippen molar-refractivity contribution in [2.24, 2.45) is 0 Å². The topological polar surface area (TPSA) is 0 Å². The van der Waals surface area contributed by atoms with Gasteiger partial charge in [-0.3, -0.25) is 0 Å². The summed E-state index contributed by atoms with van der Waals surface area (Å²) in [6.07, 6.45) is 76.9. The van der Waals surface area contributed by atoms with Crippen molar-refractivity contribution in [2.45, 2.75) is 348 Å². The molecule has 0 saturated heterocycles. The van der Waals surface area contributed by atoms with E-state index >= 15 is 0 Å². The molecule has 0 amide bonds. The summed E-state index contributed by atoms with van der Waals surface area (Å²) < 4.78 is 1.25. The third-order valence-corrected chi connectivity index (χ3v) is 14.2. The smallest absolute Gasteiger partial charge is 0.0782 e. The van der Waals surface area contributed by atoms with Gasteiger partial charge in [-0.2, -0.15) is 0 Å². The summed E-state index contributed by atoms with van der Waals surface area (Å²) >= 11 is 0. The van der Waals surface area contributed by atoms with E-state index < -0.39 is 0 Å². The molecule has 0 aliphatic rings. The van der Waals surface area contributed by atoms with Gasteiger partial charge in [-0.15, -0.1) is 0 Å². The van der Waals surface area contributed by atoms with E-state index in [0.29, 0.717) is 0 Å². The standard InChI is InChI=1S/C58H120N.ClH/c1-5-7-9-11-13-15-17-19-21-23-25-27-29-31-33-35-37-39-41-43-45-47-49-51-53-55-57-59(3,4)58-56-54-52-50-48-46-44-42-40-38-36-34-32-30-28-26-24-22-20-18-16-14-12-10-8-6-2;/h5-58H2,1-4H3;1H/q+1;/p-1. The first-order valence-corrected chi connectivity index (χ1v) is 28.9. The van der Waals surface area contributed by atoms with Crippen LogP contribution in [0, 0.1) is 0 Å². The fourth-order valence-corrected chi connectivity index (χ4v) is 9.82. The van der Waals surface area contributed by atoms with E-state index in [4.69, 9.17) is 0 Å². The second kappa shape index (κ2) is 55.4. The van der Waals surface area contributed by atoms with Crippen molar-refractivity contribution in [2.75, 3.05) is 27.2 Å². The predicted octanol–water partition coefficient (Wildman–Crippen LogP) is 18.4. The van der Waals surface area contributed by atoms with Crippen molar-refractivity contribution >= 4 is 0 Å². The van der Waals surface area contributed by atoms with E-state index in [1.54, 1.807) is 0 Å². The third-order valence-electron chi connectivity index (χ3n) is 14.2. The molecule has 0 heterocycles. The molecule has 2 heteroatoms. The molecule has 0 unspecified atom stereocenters. The van der Waals surface area contributed by atoms with Crippen molar-refractivity contribution in [1.82, 2.24) is 0 Å². The van der Waals surface area contributed by atoms with Gasteiger partial charge in [0, 0.05) is 0 Å². The minimum atomic E-state index is 0. The first-order chi connectivity index (χ1) is 29.1. The summed E-state index contributed by atoms with van der Waals surface area (Å²) in [7, 11) is 4.97. The molecule has 0 saturated carbocycles. The lowest BCUT2D eigenvalue weighted by Crippen LogP contribution is -3.00. The molecule has 60 heavy (non-hydrogen) atoms. The molecule has 0 rings (SSSR count). The number of nitrogens with zero attached hydrogens (tertiary/aromatic N) is 1. The molecule has 0 N–H and O–H groups in total. The lowest BCUT2D eigenvalue weighted by molar-refractivity contribution is -0.890. The second-order valence-corrected chi connectivity index (χ2v) is 21.1. The van der Waals surface area contributed by atoms with Gasteiger partial charge in [-0.25, -0.2) is 0 Å². The predicted molar refractivity (Wildman–Crippen MR) is 273 cm³/mol. The number of quaternary nitrogens is 1. The van der Waals surface area contributed by atoms with Crippen molar-refractivity contribution < 1.29 is 16.9 Å². The number of hydrogen-bond acceptors (Lipinski definition) is 0. The minimum Gasteiger partial charge on any atom is -1.00 e. The summed E-state index contributed by atoms with van der Waals surface area (Å²) in [5, 5.41) is 0. The Kier molecular flexibility index (Phi) is 57.5. The van der Waals surface area contributed by atoms with Crippen LogP contribution in [0.4, 0.5) is 0 Å². The number of rotatable bonds is 54. The zero-order valence-corrected chi connectivity index (χ0v) is 43.8. The fourth-order valence-electron chi connectivity index (χ4n) is 9.82. The number of halogens is 1. The third kappa shape index (κ3) is 56.3. The zero-order chi connectivity index (χ0) is 42.7. The number of hydrogen-bond donors (Lipinski definition) is 0. The molecule has 364 valence electrons. The Labute approximate surface area is 390 Å². The van der Waals surface area contributed by atoms with Crippen LogP contribution in [0.1, 0.15) is 348 Å². The monoisotopic (exact) mass is 866 g/mol. The van der Waals surface area contributed by atoms with Crippen LogP contribution in [-0.4, -0.2) is 31.7 Å². The summed E-state index contributed by atoms with van der Waals surface area (Å²) in [4.78, 5) is 0. The van der Waals surface area contributed by atoms with Gasteiger partial charge >= 0.3 is 0 Å². The van der Waals surface area contributed by atoms with E-state index in [1.807, 2.05) is 0 Å². The summed E-state index contributed by atoms with van der Waals surface area (Å²) in [5.74, 6) is 0. The van der Waals surface area contributed by atoms with Crippen molar-refractivity contribution in [3.8, 4) is 0 Å². The molecular formula is C58H120ClN. The first kappa shape index (κ1) is 62.3. The van der Waals surface area contributed by atoms with Gasteiger partial charge in [-0.05, 0) is 25.7 Å². The maximum absolute atomic E-state index is 2.49. The van der Waals surface area contributed by atoms with E-state index in [1.165, 1.54) is 351 Å². The van der Waals surface area contributed by atoms with Gasteiger partial charge in [0.25, 0.3) is 0 Å². The van der Waals surface area contributed by atoms with Crippen LogP contribution in [0.15, 0.2) is 0 Å². The lowest BCUT2D eigenvalue weighted by atomic mass is 10.0. The Morgan fingerprint density at radius 2 is 0.267 bits per heavy atom. The molecule has 0 fully saturated rings. The van der Waals surface area contributed by atoms with E-state index in [2.05, 4.69) is 27.9 Å². The second-order valence-electron chi connectivity index (χ2n) is 21.1. The lowest BCUT2D eigenvalue weighted by Gasteiger charge is -2.30. The highest BCUT2D eigenvalue weighted by Crippen LogP contribution is 2.19. The first-order valence-electron chi connectivity index (χ1n) is 28.9. The Hall–Kier alpha value is 0.250. The molecule has 0 aliphatic heterocycles. The van der Waals surface area contributed by atoms with Crippen molar-refractivity contribution in [3.05, 3.63) is 0 Å². The largest absolute Gasteiger partial charge is 1.00 e. The average molecular weight is 867 g/mol. The van der Waals surface area contributed by atoms with Crippen LogP contribution in [0.25, 0.3) is 0 Å². The molecule has 0 radical (unpaired) electrons. The molecule has 0 aromatic rings. The molecule has 0 aromatic heterocycles. The fraction of sp³-hybridized carbons (Fsp3) is 1.00. The van der Waals surface area contributed by atoms with Crippen LogP contribution < -0.4 is 12.4 Å². The van der Waals surface area contributed by atoms with Gasteiger partial charge in [0.15, 0.2) is 0 Å². The SMILES string of the molecule is CCCCCCCCCCCCCCCCCCCCCCCCCCCC[N+](C)(C)CCCCCCCCCCCCCCCCCCCCCCCCCCCC.[Cl-]. The van der Waals surface area contributed by atoms with Crippen LogP contribution in [0.3, 0.4) is 0 Å². The van der Waals surface area contributed by atoms with Crippen molar-refractivity contribution in [3.63, 3.8) is 0 Å². The Morgan fingerprint density at radius 1 is 0.167 bits per heavy atom. The molecule has 0 bridgehead atoms. The molecule has 0 atom stereocenters. The van der Waals surface area contributed by atoms with Gasteiger partial charge in [0.1, 0.15) is 0 Å². The highest BCUT2D eigenvalue weighted by atomic mass is 35.5. The quantitative estimate of drug-likeness (QED) is 0.0422. The Balaban J connectivity index is 0. The maximum atomic E-state index is 2.49. The normalized spacial score (nSPS) is 11.8. The Bertz CT molecular complexity index is 661. The van der Waals surface area contributed by atoms with E-state index in [9.17, 15) is 0 Å². The van der Waals surface area contributed by atoms with Gasteiger partial charge < -0.3 is 16.9 Å². The average Bonchev–Trinajstić information content (AvgIpc) is 3.23. The van der Waals surface area contributed by atoms with Crippen LogP contribution >= 0.6 is 0 Å². The number of unbranched alkanes of at least 4 members (excludes halogenated alkanes) is 50. The van der Waals surface area contributed by atoms with Crippen LogP contribution in [0.2, 0.25) is 0 Å². The highest BCUT2D eigenvalue weighted by Gasteiger charge is 2.13. The van der Waals surface area contributed by atoms with Crippen molar-refractivity contribution in [1.29, 1.82) is 0 Å². The summed E-state index contributed by atoms with van der Waals surface area (Å²) in [6.45, 7) is 7.40. The zero-order valence-electron chi connectivity index (χ0n) is 43.0.